The number of carbonyl (C=O) groups excluding carboxylic acids is 1. The molecular formula is C23H24N4O2S. The first-order valence-electron chi connectivity index (χ1n) is 10.4. The van der Waals surface area contributed by atoms with Gasteiger partial charge in [-0.15, -0.1) is 11.3 Å². The molecule has 0 spiro atoms. The third kappa shape index (κ3) is 3.58. The van der Waals surface area contributed by atoms with E-state index in [-0.39, 0.29) is 18.1 Å². The van der Waals surface area contributed by atoms with Gasteiger partial charge in [-0.1, -0.05) is 6.07 Å². The van der Waals surface area contributed by atoms with E-state index in [1.54, 1.807) is 6.20 Å². The highest BCUT2D eigenvalue weighted by Crippen LogP contribution is 2.38. The molecule has 3 fully saturated rings. The maximum Gasteiger partial charge on any atom is 0.273 e. The summed E-state index contributed by atoms with van der Waals surface area (Å²) in [6.07, 6.45) is 6.59. The molecule has 7 heteroatoms. The van der Waals surface area contributed by atoms with Crippen LogP contribution in [0.5, 0.6) is 5.88 Å². The van der Waals surface area contributed by atoms with Gasteiger partial charge in [0, 0.05) is 41.6 Å². The molecule has 154 valence electrons. The summed E-state index contributed by atoms with van der Waals surface area (Å²) in [6.45, 7) is 4.69. The Kier molecular flexibility index (Phi) is 4.98. The van der Waals surface area contributed by atoms with Crippen molar-refractivity contribution in [2.75, 3.05) is 6.54 Å². The van der Waals surface area contributed by atoms with Crippen molar-refractivity contribution >= 4 is 17.2 Å². The first kappa shape index (κ1) is 19.2. The number of hydrogen-bond acceptors (Lipinski definition) is 6. The SMILES string of the molecule is Cc1ccc(OC2CC3CCC2N(C(=O)c2nc(C)ccc2-c2nccs2)C3)nc1. The maximum absolute atomic E-state index is 13.7. The van der Waals surface area contributed by atoms with E-state index in [1.807, 2.05) is 54.6 Å². The molecule has 0 aromatic carbocycles. The first-order chi connectivity index (χ1) is 14.6. The fraction of sp³-hybridized carbons (Fsp3) is 0.391. The van der Waals surface area contributed by atoms with Gasteiger partial charge in [-0.05, 0) is 56.7 Å². The van der Waals surface area contributed by atoms with E-state index < -0.39 is 0 Å². The van der Waals surface area contributed by atoms with Crippen LogP contribution in [0, 0.1) is 19.8 Å². The predicted octanol–water partition coefficient (Wildman–Crippen LogP) is 4.29. The monoisotopic (exact) mass is 420 g/mol. The Morgan fingerprint density at radius 1 is 1.17 bits per heavy atom. The average molecular weight is 421 g/mol. The number of rotatable bonds is 4. The largest absolute Gasteiger partial charge is 0.472 e. The van der Waals surface area contributed by atoms with Crippen LogP contribution in [0.25, 0.3) is 10.6 Å². The zero-order valence-corrected chi connectivity index (χ0v) is 17.9. The Hall–Kier alpha value is -2.80. The molecule has 2 saturated heterocycles. The minimum atomic E-state index is -0.0372. The second-order valence-electron chi connectivity index (χ2n) is 8.22. The van der Waals surface area contributed by atoms with Gasteiger partial charge in [0.25, 0.3) is 5.91 Å². The van der Waals surface area contributed by atoms with Crippen molar-refractivity contribution in [3.05, 3.63) is 59.0 Å². The molecular weight excluding hydrogens is 396 g/mol. The van der Waals surface area contributed by atoms with Crippen LogP contribution in [0.4, 0.5) is 0 Å². The Balaban J connectivity index is 1.44. The van der Waals surface area contributed by atoms with Gasteiger partial charge in [0.2, 0.25) is 5.88 Å². The first-order valence-corrected chi connectivity index (χ1v) is 11.2. The van der Waals surface area contributed by atoms with Crippen LogP contribution < -0.4 is 4.74 Å². The highest BCUT2D eigenvalue weighted by molar-refractivity contribution is 7.13. The Morgan fingerprint density at radius 2 is 2.07 bits per heavy atom. The summed E-state index contributed by atoms with van der Waals surface area (Å²) in [4.78, 5) is 29.1. The fourth-order valence-corrected chi connectivity index (χ4v) is 5.22. The van der Waals surface area contributed by atoms with Gasteiger partial charge in [0.15, 0.2) is 0 Å². The van der Waals surface area contributed by atoms with E-state index in [4.69, 9.17) is 4.74 Å². The number of carbonyl (C=O) groups is 1. The van der Waals surface area contributed by atoms with Crippen molar-refractivity contribution in [1.82, 2.24) is 19.9 Å². The molecule has 3 atom stereocenters. The highest BCUT2D eigenvalue weighted by atomic mass is 32.1. The number of thiazole rings is 1. The van der Waals surface area contributed by atoms with E-state index in [1.165, 1.54) is 11.3 Å². The Morgan fingerprint density at radius 3 is 2.80 bits per heavy atom. The van der Waals surface area contributed by atoms with Crippen LogP contribution >= 0.6 is 11.3 Å². The summed E-state index contributed by atoms with van der Waals surface area (Å²) >= 11 is 1.52. The molecule has 3 aromatic heterocycles. The van der Waals surface area contributed by atoms with E-state index in [2.05, 4.69) is 15.0 Å². The van der Waals surface area contributed by atoms with Gasteiger partial charge in [-0.3, -0.25) is 4.79 Å². The molecule has 0 radical (unpaired) electrons. The van der Waals surface area contributed by atoms with Gasteiger partial charge in [0.05, 0.1) is 6.04 Å². The van der Waals surface area contributed by atoms with E-state index in [9.17, 15) is 4.79 Å². The summed E-state index contributed by atoms with van der Waals surface area (Å²) in [6, 6.07) is 7.85. The molecule has 6 rings (SSSR count). The lowest BCUT2D eigenvalue weighted by atomic mass is 9.77. The molecule has 3 unspecified atom stereocenters. The molecule has 30 heavy (non-hydrogen) atoms. The number of aryl methyl sites for hydroxylation is 2. The molecule has 5 heterocycles. The predicted molar refractivity (Wildman–Crippen MR) is 116 cm³/mol. The van der Waals surface area contributed by atoms with Crippen molar-refractivity contribution in [1.29, 1.82) is 0 Å². The standard InChI is InChI=1S/C23H24N4O2S/c1-14-3-8-20(25-12-14)29-19-11-16-5-7-18(19)27(13-16)23(28)21-17(6-4-15(2)26-21)22-24-9-10-30-22/h3-4,6,8-10,12,16,18-19H,5,7,11,13H2,1-2H3. The maximum atomic E-state index is 13.7. The molecule has 2 bridgehead atoms. The van der Waals surface area contributed by atoms with E-state index in [0.29, 0.717) is 17.5 Å². The fourth-order valence-electron chi connectivity index (χ4n) is 4.56. The van der Waals surface area contributed by atoms with Crippen molar-refractivity contribution in [3.63, 3.8) is 0 Å². The lowest BCUT2D eigenvalue weighted by Gasteiger charge is -2.49. The third-order valence-corrected chi connectivity index (χ3v) is 6.84. The molecule has 2 aliphatic heterocycles. The van der Waals surface area contributed by atoms with E-state index >= 15 is 0 Å². The topological polar surface area (TPSA) is 68.2 Å². The zero-order valence-electron chi connectivity index (χ0n) is 17.1. The molecule has 6 nitrogen and oxygen atoms in total. The second kappa shape index (κ2) is 7.80. The summed E-state index contributed by atoms with van der Waals surface area (Å²) < 4.78 is 6.25. The zero-order chi connectivity index (χ0) is 20.7. The van der Waals surface area contributed by atoms with Gasteiger partial charge in [-0.2, -0.15) is 0 Å². The quantitative estimate of drug-likeness (QED) is 0.630. The van der Waals surface area contributed by atoms with Crippen LogP contribution in [0.15, 0.2) is 42.0 Å². The smallest absolute Gasteiger partial charge is 0.273 e. The minimum absolute atomic E-state index is 0.0243. The molecule has 1 amide bonds. The lowest BCUT2D eigenvalue weighted by molar-refractivity contribution is -0.0315. The Labute approximate surface area is 180 Å². The van der Waals surface area contributed by atoms with Crippen LogP contribution in [-0.4, -0.2) is 44.4 Å². The van der Waals surface area contributed by atoms with Crippen molar-refractivity contribution < 1.29 is 9.53 Å². The lowest BCUT2D eigenvalue weighted by Crippen LogP contribution is -2.59. The number of amides is 1. The summed E-state index contributed by atoms with van der Waals surface area (Å²) in [5.41, 5.74) is 3.23. The number of hydrogen-bond donors (Lipinski definition) is 0. The molecule has 3 aromatic rings. The number of piperidine rings is 2. The summed E-state index contributed by atoms with van der Waals surface area (Å²) in [5.74, 6) is 1.05. The molecule has 3 aliphatic rings. The van der Waals surface area contributed by atoms with Gasteiger partial charge >= 0.3 is 0 Å². The van der Waals surface area contributed by atoms with Crippen molar-refractivity contribution in [3.8, 4) is 16.5 Å². The number of ether oxygens (including phenoxy) is 1. The number of fused-ring (bicyclic) bond motifs is 3. The van der Waals surface area contributed by atoms with Crippen LogP contribution in [0.3, 0.4) is 0 Å². The van der Waals surface area contributed by atoms with E-state index in [0.717, 1.165) is 47.6 Å². The number of pyridine rings is 2. The Bertz CT molecular complexity index is 1050. The minimum Gasteiger partial charge on any atom is -0.472 e. The van der Waals surface area contributed by atoms with Gasteiger partial charge in [0.1, 0.15) is 16.8 Å². The average Bonchev–Trinajstić information content (AvgIpc) is 3.30. The van der Waals surface area contributed by atoms with Crippen molar-refractivity contribution in [2.24, 2.45) is 5.92 Å². The number of aromatic nitrogens is 3. The van der Waals surface area contributed by atoms with Gasteiger partial charge in [-0.25, -0.2) is 15.0 Å². The molecule has 0 N–H and O–H groups in total. The van der Waals surface area contributed by atoms with Gasteiger partial charge < -0.3 is 9.64 Å². The molecule has 1 aliphatic carbocycles. The summed E-state index contributed by atoms with van der Waals surface area (Å²) in [5, 5.41) is 2.75. The highest BCUT2D eigenvalue weighted by Gasteiger charge is 2.45. The van der Waals surface area contributed by atoms with Crippen LogP contribution in [0.2, 0.25) is 0 Å². The normalized spacial score (nSPS) is 22.9. The third-order valence-electron chi connectivity index (χ3n) is 6.04. The number of nitrogens with zero attached hydrogens (tertiary/aromatic N) is 4. The van der Waals surface area contributed by atoms with Crippen molar-refractivity contribution in [2.45, 2.75) is 45.3 Å². The van der Waals surface area contributed by atoms with Crippen LogP contribution in [-0.2, 0) is 0 Å². The molecule has 1 saturated carbocycles. The second-order valence-corrected chi connectivity index (χ2v) is 9.11. The van der Waals surface area contributed by atoms with Crippen LogP contribution in [0.1, 0.15) is 41.0 Å². The summed E-state index contributed by atoms with van der Waals surface area (Å²) in [7, 11) is 0.